The number of fused-ring (bicyclic) bond motifs is 1. The lowest BCUT2D eigenvalue weighted by Gasteiger charge is -2.27. The summed E-state index contributed by atoms with van der Waals surface area (Å²) in [6, 6.07) is 5.55. The van der Waals surface area contributed by atoms with E-state index in [1.54, 1.807) is 23.6 Å². The normalized spacial score (nSPS) is 14.5. The van der Waals surface area contributed by atoms with Crippen molar-refractivity contribution in [3.05, 3.63) is 69.0 Å². The van der Waals surface area contributed by atoms with E-state index >= 15 is 0 Å². The van der Waals surface area contributed by atoms with Gasteiger partial charge in [0.15, 0.2) is 5.82 Å². The van der Waals surface area contributed by atoms with Gasteiger partial charge in [0.25, 0.3) is 5.56 Å². The van der Waals surface area contributed by atoms with Crippen LogP contribution in [-0.4, -0.2) is 26.4 Å². The molecule has 5 nitrogen and oxygen atoms in total. The Morgan fingerprint density at radius 2 is 2.29 bits per heavy atom. The van der Waals surface area contributed by atoms with Crippen molar-refractivity contribution < 1.29 is 4.39 Å². The number of aromatic amines is 1. The second-order valence-electron chi connectivity index (χ2n) is 5.74. The van der Waals surface area contributed by atoms with Gasteiger partial charge in [-0.15, -0.1) is 11.3 Å². The van der Waals surface area contributed by atoms with Crippen LogP contribution < -0.4 is 5.56 Å². The molecule has 0 atom stereocenters. The number of rotatable bonds is 3. The van der Waals surface area contributed by atoms with Gasteiger partial charge in [-0.05, 0) is 17.5 Å². The first-order valence-electron chi connectivity index (χ1n) is 7.67. The number of nitrogens with zero attached hydrogens (tertiary/aromatic N) is 3. The van der Waals surface area contributed by atoms with Crippen LogP contribution in [0.5, 0.6) is 0 Å². The van der Waals surface area contributed by atoms with Gasteiger partial charge in [0.05, 0.1) is 22.3 Å². The Morgan fingerprint density at radius 1 is 1.38 bits per heavy atom. The minimum Gasteiger partial charge on any atom is -0.306 e. The Morgan fingerprint density at radius 3 is 3.08 bits per heavy atom. The molecule has 3 aromatic heterocycles. The van der Waals surface area contributed by atoms with Crippen molar-refractivity contribution in [3.63, 3.8) is 0 Å². The highest BCUT2D eigenvalue weighted by Crippen LogP contribution is 2.23. The highest BCUT2D eigenvalue weighted by atomic mass is 32.1. The number of pyridine rings is 1. The van der Waals surface area contributed by atoms with Crippen LogP contribution in [-0.2, 0) is 19.5 Å². The number of nitrogens with one attached hydrogen (secondary N) is 1. The third-order valence-electron chi connectivity index (χ3n) is 4.15. The van der Waals surface area contributed by atoms with Crippen molar-refractivity contribution in [2.24, 2.45) is 0 Å². The topological polar surface area (TPSA) is 61.9 Å². The average molecular weight is 342 g/mol. The summed E-state index contributed by atoms with van der Waals surface area (Å²) in [5, 5.41) is 1.96. The molecule has 0 bridgehead atoms. The molecule has 0 spiro atoms. The highest BCUT2D eigenvalue weighted by Gasteiger charge is 2.22. The molecule has 0 saturated heterocycles. The van der Waals surface area contributed by atoms with Crippen LogP contribution in [0, 0.1) is 5.82 Å². The van der Waals surface area contributed by atoms with Gasteiger partial charge in [-0.2, -0.15) is 0 Å². The third kappa shape index (κ3) is 2.88. The monoisotopic (exact) mass is 342 g/mol. The summed E-state index contributed by atoms with van der Waals surface area (Å²) in [7, 11) is 0. The lowest BCUT2D eigenvalue weighted by atomic mass is 10.1. The quantitative estimate of drug-likeness (QED) is 0.795. The van der Waals surface area contributed by atoms with Crippen molar-refractivity contribution in [2.75, 3.05) is 6.54 Å². The maximum absolute atomic E-state index is 13.8. The van der Waals surface area contributed by atoms with Crippen LogP contribution in [0.4, 0.5) is 4.39 Å². The Hall–Kier alpha value is -2.38. The van der Waals surface area contributed by atoms with Crippen LogP contribution in [0.1, 0.15) is 16.8 Å². The number of aromatic nitrogens is 3. The van der Waals surface area contributed by atoms with Crippen molar-refractivity contribution in [3.8, 4) is 10.7 Å². The molecule has 0 aliphatic carbocycles. The average Bonchev–Trinajstić information content (AvgIpc) is 3.12. The zero-order valence-corrected chi connectivity index (χ0v) is 13.6. The fourth-order valence-electron chi connectivity index (χ4n) is 2.92. The summed E-state index contributed by atoms with van der Waals surface area (Å²) in [5.74, 6) is 0.311. The molecule has 0 radical (unpaired) electrons. The van der Waals surface area contributed by atoms with E-state index in [-0.39, 0.29) is 11.4 Å². The maximum Gasteiger partial charge on any atom is 0.255 e. The fourth-order valence-corrected chi connectivity index (χ4v) is 3.59. The van der Waals surface area contributed by atoms with Crippen molar-refractivity contribution in [2.45, 2.75) is 19.5 Å². The van der Waals surface area contributed by atoms with Crippen LogP contribution in [0.25, 0.3) is 10.7 Å². The predicted octanol–water partition coefficient (Wildman–Crippen LogP) is 2.59. The van der Waals surface area contributed by atoms with E-state index in [4.69, 9.17) is 0 Å². The largest absolute Gasteiger partial charge is 0.306 e. The predicted molar refractivity (Wildman–Crippen MR) is 90.2 cm³/mol. The first-order chi connectivity index (χ1) is 11.7. The van der Waals surface area contributed by atoms with Crippen LogP contribution >= 0.6 is 11.3 Å². The van der Waals surface area contributed by atoms with Gasteiger partial charge in [-0.25, -0.2) is 9.37 Å². The molecular weight excluding hydrogens is 327 g/mol. The molecule has 24 heavy (non-hydrogen) atoms. The highest BCUT2D eigenvalue weighted by molar-refractivity contribution is 7.13. The molecule has 1 N–H and O–H groups in total. The molecule has 0 fully saturated rings. The summed E-state index contributed by atoms with van der Waals surface area (Å²) in [6.45, 7) is 1.68. The summed E-state index contributed by atoms with van der Waals surface area (Å²) >= 11 is 1.55. The Balaban J connectivity index is 1.60. The van der Waals surface area contributed by atoms with Crippen molar-refractivity contribution in [1.82, 2.24) is 19.9 Å². The molecule has 7 heteroatoms. The zero-order chi connectivity index (χ0) is 16.5. The molecule has 4 rings (SSSR count). The van der Waals surface area contributed by atoms with Crippen molar-refractivity contribution in [1.29, 1.82) is 0 Å². The molecule has 3 aromatic rings. The van der Waals surface area contributed by atoms with Gasteiger partial charge >= 0.3 is 0 Å². The SMILES string of the molecule is O=c1[nH]c(-c2cccs2)nc2c1CN(Cc1ccncc1F)CC2. The lowest BCUT2D eigenvalue weighted by molar-refractivity contribution is 0.238. The zero-order valence-electron chi connectivity index (χ0n) is 12.8. The number of H-pyrrole nitrogens is 1. The smallest absolute Gasteiger partial charge is 0.255 e. The number of hydrogen-bond acceptors (Lipinski definition) is 5. The summed E-state index contributed by atoms with van der Waals surface area (Å²) in [5.41, 5.74) is 2.00. The van der Waals surface area contributed by atoms with E-state index in [2.05, 4.69) is 19.9 Å². The number of halogens is 1. The summed E-state index contributed by atoms with van der Waals surface area (Å²) in [6.07, 6.45) is 3.48. The second-order valence-corrected chi connectivity index (χ2v) is 6.69. The fraction of sp³-hybridized carbons (Fsp3) is 0.235. The summed E-state index contributed by atoms with van der Waals surface area (Å²) < 4.78 is 13.8. The molecule has 1 aliphatic rings. The van der Waals surface area contributed by atoms with Gasteiger partial charge in [0, 0.05) is 37.8 Å². The molecule has 0 amide bonds. The first kappa shape index (κ1) is 15.2. The molecule has 4 heterocycles. The molecule has 1 aliphatic heterocycles. The Kier molecular flexibility index (Phi) is 3.95. The molecule has 0 aromatic carbocycles. The van der Waals surface area contributed by atoms with Gasteiger partial charge in [-0.1, -0.05) is 6.07 Å². The van der Waals surface area contributed by atoms with Crippen molar-refractivity contribution >= 4 is 11.3 Å². The second kappa shape index (κ2) is 6.26. The van der Waals surface area contributed by atoms with Crippen LogP contribution in [0.3, 0.4) is 0 Å². The molecule has 0 saturated carbocycles. The molecule has 0 unspecified atom stereocenters. The van der Waals surface area contributed by atoms with Crippen LogP contribution in [0.2, 0.25) is 0 Å². The molecular formula is C17H15FN4OS. The van der Waals surface area contributed by atoms with E-state index < -0.39 is 0 Å². The number of thiophene rings is 1. The van der Waals surface area contributed by atoms with E-state index in [1.807, 2.05) is 17.5 Å². The maximum atomic E-state index is 13.8. The number of hydrogen-bond donors (Lipinski definition) is 1. The minimum absolute atomic E-state index is 0.108. The van der Waals surface area contributed by atoms with Gasteiger partial charge < -0.3 is 4.98 Å². The Bertz CT molecular complexity index is 923. The van der Waals surface area contributed by atoms with E-state index in [1.165, 1.54) is 6.20 Å². The van der Waals surface area contributed by atoms with E-state index in [9.17, 15) is 9.18 Å². The van der Waals surface area contributed by atoms with Gasteiger partial charge in [-0.3, -0.25) is 14.7 Å². The standard InChI is InChI=1S/C17H15FN4OS/c18-13-8-19-5-3-11(13)9-22-6-4-14-12(10-22)17(23)21-16(20-14)15-2-1-7-24-15/h1-3,5,7-8H,4,6,9-10H2,(H,20,21,23). The van der Waals surface area contributed by atoms with Gasteiger partial charge in [0.1, 0.15) is 5.82 Å². The van der Waals surface area contributed by atoms with Crippen LogP contribution in [0.15, 0.2) is 40.8 Å². The molecule has 122 valence electrons. The van der Waals surface area contributed by atoms with E-state index in [0.29, 0.717) is 36.5 Å². The summed E-state index contributed by atoms with van der Waals surface area (Å²) in [4.78, 5) is 26.7. The third-order valence-corrected chi connectivity index (χ3v) is 5.03. The lowest BCUT2D eigenvalue weighted by Crippen LogP contribution is -2.35. The van der Waals surface area contributed by atoms with Gasteiger partial charge in [0.2, 0.25) is 0 Å². The van der Waals surface area contributed by atoms with E-state index in [0.717, 1.165) is 17.1 Å². The first-order valence-corrected chi connectivity index (χ1v) is 8.55. The Labute approximate surface area is 141 Å². The minimum atomic E-state index is -0.316.